The largest absolute Gasteiger partial charge is 0.350 e. The number of alkyl halides is 1. The molecule has 0 saturated carbocycles. The Morgan fingerprint density at radius 2 is 2.11 bits per heavy atom. The van der Waals surface area contributed by atoms with Crippen molar-refractivity contribution in [2.45, 2.75) is 38.1 Å². The molecule has 0 aromatic heterocycles. The number of halogens is 1. The molecule has 0 radical (unpaired) electrons. The van der Waals surface area contributed by atoms with Gasteiger partial charge < -0.3 is 10.6 Å². The molecule has 2 amide bonds. The summed E-state index contributed by atoms with van der Waals surface area (Å²) >= 11 is 0. The standard InChI is InChI=1S/C19H22FN5O2/c1-19(2,12-23-18(27)13-6-5-7-15(8-13)21-3)24-10-17(26)25-11-14(20)9-16(25)22-4/h5-8,14,16,24H,9-12H2,1-2H3,(H,23,27)/t14-,16-/m0/s1. The molecule has 0 spiro atoms. The third kappa shape index (κ3) is 5.50. The van der Waals surface area contributed by atoms with E-state index in [1.165, 1.54) is 11.0 Å². The first kappa shape index (κ1) is 20.3. The number of carbonyl (C=O) groups is 2. The van der Waals surface area contributed by atoms with E-state index >= 15 is 0 Å². The molecule has 0 unspecified atom stereocenters. The second kappa shape index (κ2) is 8.61. The molecule has 2 atom stereocenters. The number of nitrogens with one attached hydrogen (secondary N) is 2. The predicted molar refractivity (Wildman–Crippen MR) is 98.7 cm³/mol. The summed E-state index contributed by atoms with van der Waals surface area (Å²) in [6.07, 6.45) is -1.85. The lowest BCUT2D eigenvalue weighted by atomic mass is 10.1. The van der Waals surface area contributed by atoms with Crippen molar-refractivity contribution < 1.29 is 14.0 Å². The van der Waals surface area contributed by atoms with Crippen LogP contribution in [0.2, 0.25) is 0 Å². The number of benzene rings is 1. The zero-order valence-corrected chi connectivity index (χ0v) is 15.3. The minimum atomic E-state index is -1.16. The number of amides is 2. The SMILES string of the molecule is [C-]#[N+]c1cccc(C(=O)NCC(C)(C)NCC(=O)N2C[C@@H](F)C[C@H]2[N+]#[C-])c1. The monoisotopic (exact) mass is 371 g/mol. The molecule has 0 aliphatic carbocycles. The summed E-state index contributed by atoms with van der Waals surface area (Å²) in [6.45, 7) is 17.9. The highest BCUT2D eigenvalue weighted by Gasteiger charge is 2.39. The molecule has 1 aromatic carbocycles. The van der Waals surface area contributed by atoms with Gasteiger partial charge in [-0.1, -0.05) is 18.2 Å². The summed E-state index contributed by atoms with van der Waals surface area (Å²) in [7, 11) is 0. The van der Waals surface area contributed by atoms with Gasteiger partial charge in [-0.15, -0.1) is 0 Å². The van der Waals surface area contributed by atoms with Gasteiger partial charge in [0.25, 0.3) is 0 Å². The summed E-state index contributed by atoms with van der Waals surface area (Å²) in [4.78, 5) is 32.4. The molecule has 2 rings (SSSR count). The van der Waals surface area contributed by atoms with Crippen molar-refractivity contribution in [1.82, 2.24) is 15.5 Å². The summed E-state index contributed by atoms with van der Waals surface area (Å²) < 4.78 is 13.4. The first-order valence-electron chi connectivity index (χ1n) is 8.56. The van der Waals surface area contributed by atoms with Crippen LogP contribution >= 0.6 is 0 Å². The van der Waals surface area contributed by atoms with E-state index in [4.69, 9.17) is 13.1 Å². The van der Waals surface area contributed by atoms with Crippen LogP contribution in [0, 0.1) is 13.1 Å². The van der Waals surface area contributed by atoms with Gasteiger partial charge in [0.15, 0.2) is 5.69 Å². The molecule has 2 N–H and O–H groups in total. The van der Waals surface area contributed by atoms with Crippen LogP contribution in [-0.2, 0) is 4.79 Å². The van der Waals surface area contributed by atoms with E-state index in [0.29, 0.717) is 11.3 Å². The molecule has 27 heavy (non-hydrogen) atoms. The molecule has 1 aromatic rings. The summed E-state index contributed by atoms with van der Waals surface area (Å²) in [5.74, 6) is -0.644. The van der Waals surface area contributed by atoms with Crippen molar-refractivity contribution in [3.05, 3.63) is 52.7 Å². The Bertz CT molecular complexity index is 796. The van der Waals surface area contributed by atoms with Crippen LogP contribution in [0.5, 0.6) is 0 Å². The van der Waals surface area contributed by atoms with E-state index in [1.807, 2.05) is 13.8 Å². The first-order valence-corrected chi connectivity index (χ1v) is 8.56. The number of likely N-dealkylation sites (tertiary alicyclic amines) is 1. The average Bonchev–Trinajstić information content (AvgIpc) is 3.05. The Labute approximate surface area is 158 Å². The molecule has 0 bridgehead atoms. The molecule has 1 aliphatic rings. The lowest BCUT2D eigenvalue weighted by Crippen LogP contribution is -2.52. The third-order valence-corrected chi connectivity index (χ3v) is 4.34. The number of hydrogen-bond donors (Lipinski definition) is 2. The zero-order chi connectivity index (χ0) is 20.0. The van der Waals surface area contributed by atoms with Crippen molar-refractivity contribution in [3.8, 4) is 0 Å². The molecule has 8 heteroatoms. The number of nitrogens with zero attached hydrogens (tertiary/aromatic N) is 3. The molecule has 1 heterocycles. The van der Waals surface area contributed by atoms with E-state index in [0.717, 1.165) is 0 Å². The van der Waals surface area contributed by atoms with Gasteiger partial charge in [-0.2, -0.15) is 0 Å². The van der Waals surface area contributed by atoms with Crippen molar-refractivity contribution in [2.24, 2.45) is 0 Å². The van der Waals surface area contributed by atoms with Crippen molar-refractivity contribution in [3.63, 3.8) is 0 Å². The molecular formula is C19H22FN5O2. The van der Waals surface area contributed by atoms with Crippen LogP contribution in [0.3, 0.4) is 0 Å². The van der Waals surface area contributed by atoms with Crippen LogP contribution in [0.25, 0.3) is 9.69 Å². The highest BCUT2D eigenvalue weighted by Crippen LogP contribution is 2.21. The van der Waals surface area contributed by atoms with Crippen molar-refractivity contribution >= 4 is 17.5 Å². The Morgan fingerprint density at radius 1 is 1.37 bits per heavy atom. The van der Waals surface area contributed by atoms with Crippen LogP contribution < -0.4 is 10.6 Å². The Kier molecular flexibility index (Phi) is 6.49. The highest BCUT2D eigenvalue weighted by atomic mass is 19.1. The van der Waals surface area contributed by atoms with Gasteiger partial charge in [-0.3, -0.25) is 19.3 Å². The van der Waals surface area contributed by atoms with E-state index < -0.39 is 17.9 Å². The number of carbonyl (C=O) groups excluding carboxylic acids is 2. The maximum atomic E-state index is 13.4. The highest BCUT2D eigenvalue weighted by molar-refractivity contribution is 5.95. The van der Waals surface area contributed by atoms with Gasteiger partial charge >= 0.3 is 6.17 Å². The molecule has 7 nitrogen and oxygen atoms in total. The molecule has 142 valence electrons. The van der Waals surface area contributed by atoms with E-state index in [2.05, 4.69) is 20.3 Å². The van der Waals surface area contributed by atoms with Crippen molar-refractivity contribution in [2.75, 3.05) is 19.6 Å². The Balaban J connectivity index is 1.86. The minimum Gasteiger partial charge on any atom is -0.350 e. The maximum Gasteiger partial charge on any atom is 0.303 e. The average molecular weight is 371 g/mol. The fourth-order valence-corrected chi connectivity index (χ4v) is 2.76. The van der Waals surface area contributed by atoms with E-state index in [9.17, 15) is 14.0 Å². The van der Waals surface area contributed by atoms with Gasteiger partial charge in [0.1, 0.15) is 6.17 Å². The zero-order valence-electron chi connectivity index (χ0n) is 15.3. The lowest BCUT2D eigenvalue weighted by molar-refractivity contribution is -0.130. The Hall–Kier alpha value is -2.97. The quantitative estimate of drug-likeness (QED) is 0.753. The molecular weight excluding hydrogens is 349 g/mol. The van der Waals surface area contributed by atoms with E-state index in [-0.39, 0.29) is 37.9 Å². The van der Waals surface area contributed by atoms with E-state index in [1.54, 1.807) is 18.2 Å². The van der Waals surface area contributed by atoms with Crippen LogP contribution in [0.4, 0.5) is 10.1 Å². The summed E-state index contributed by atoms with van der Waals surface area (Å²) in [6, 6.07) is 6.40. The normalized spacial score (nSPS) is 19.2. The smallest absolute Gasteiger partial charge is 0.303 e. The molecule has 1 fully saturated rings. The lowest BCUT2D eigenvalue weighted by Gasteiger charge is -2.27. The second-order valence-corrected chi connectivity index (χ2v) is 7.07. The topological polar surface area (TPSA) is 70.2 Å². The fourth-order valence-electron chi connectivity index (χ4n) is 2.76. The number of hydrogen-bond acceptors (Lipinski definition) is 3. The minimum absolute atomic E-state index is 0.0468. The number of rotatable bonds is 6. The third-order valence-electron chi connectivity index (χ3n) is 4.34. The second-order valence-electron chi connectivity index (χ2n) is 7.07. The van der Waals surface area contributed by atoms with Gasteiger partial charge in [0, 0.05) is 17.6 Å². The molecule has 1 aliphatic heterocycles. The van der Waals surface area contributed by atoms with Crippen LogP contribution in [0.15, 0.2) is 24.3 Å². The predicted octanol–water partition coefficient (Wildman–Crippen LogP) is 2.15. The fraction of sp³-hybridized carbons (Fsp3) is 0.474. The van der Waals surface area contributed by atoms with Gasteiger partial charge in [-0.05, 0) is 19.9 Å². The van der Waals surface area contributed by atoms with Crippen LogP contribution in [0.1, 0.15) is 30.6 Å². The van der Waals surface area contributed by atoms with Gasteiger partial charge in [0.05, 0.1) is 26.1 Å². The first-order chi connectivity index (χ1) is 12.8. The van der Waals surface area contributed by atoms with Crippen molar-refractivity contribution in [1.29, 1.82) is 0 Å². The maximum absolute atomic E-state index is 13.4. The van der Waals surface area contributed by atoms with Crippen LogP contribution in [-0.4, -0.2) is 54.2 Å². The summed E-state index contributed by atoms with van der Waals surface area (Å²) in [5, 5.41) is 5.82. The molecule has 1 saturated heterocycles. The summed E-state index contributed by atoms with van der Waals surface area (Å²) in [5.41, 5.74) is 0.184. The van der Waals surface area contributed by atoms with Gasteiger partial charge in [0.2, 0.25) is 11.8 Å². The van der Waals surface area contributed by atoms with Gasteiger partial charge in [-0.25, -0.2) is 15.8 Å². The Morgan fingerprint density at radius 3 is 2.78 bits per heavy atom.